The normalized spacial score (nSPS) is 17.5. The fourth-order valence-corrected chi connectivity index (χ4v) is 3.95. The number of hydrogen-bond donors (Lipinski definition) is 0. The minimum atomic E-state index is -0.0248. The van der Waals surface area contributed by atoms with Crippen LogP contribution in [0.5, 0.6) is 0 Å². The van der Waals surface area contributed by atoms with Gasteiger partial charge in [-0.25, -0.2) is 5.01 Å². The summed E-state index contributed by atoms with van der Waals surface area (Å²) in [5, 5.41) is 5.96. The molecule has 31 heavy (non-hydrogen) atoms. The van der Waals surface area contributed by atoms with Gasteiger partial charge in [-0.15, -0.1) is 0 Å². The van der Waals surface area contributed by atoms with E-state index in [0.717, 1.165) is 57.8 Å². The van der Waals surface area contributed by atoms with Crippen molar-refractivity contribution in [1.82, 2.24) is 14.8 Å². The zero-order valence-electron chi connectivity index (χ0n) is 18.8. The largest absolute Gasteiger partial charge is 0.379 e. The highest BCUT2D eigenvalue weighted by atomic mass is 16.5. The molecule has 0 atom stereocenters. The first kappa shape index (κ1) is 23.4. The van der Waals surface area contributed by atoms with Crippen molar-refractivity contribution in [2.24, 2.45) is 5.10 Å². The maximum absolute atomic E-state index is 13.4. The van der Waals surface area contributed by atoms with Crippen molar-refractivity contribution < 1.29 is 14.3 Å². The first-order valence-corrected chi connectivity index (χ1v) is 11.7. The van der Waals surface area contributed by atoms with Crippen molar-refractivity contribution in [3.05, 3.63) is 35.9 Å². The minimum absolute atomic E-state index is 0.0182. The summed E-state index contributed by atoms with van der Waals surface area (Å²) < 4.78 is 5.43. The fourth-order valence-electron chi connectivity index (χ4n) is 3.95. The number of nitrogens with zero attached hydrogens (tertiary/aromatic N) is 4. The van der Waals surface area contributed by atoms with E-state index in [2.05, 4.69) is 16.9 Å². The van der Waals surface area contributed by atoms with Crippen molar-refractivity contribution in [2.45, 2.75) is 52.0 Å². The molecule has 170 valence electrons. The van der Waals surface area contributed by atoms with Gasteiger partial charge in [-0.1, -0.05) is 56.5 Å². The molecule has 0 saturated carbocycles. The van der Waals surface area contributed by atoms with Gasteiger partial charge in [-0.05, 0) is 12.0 Å². The molecule has 0 aliphatic carbocycles. The molecular weight excluding hydrogens is 392 g/mol. The molecule has 7 nitrogen and oxygen atoms in total. The van der Waals surface area contributed by atoms with Gasteiger partial charge in [0.25, 0.3) is 5.91 Å². The van der Waals surface area contributed by atoms with E-state index in [1.807, 2.05) is 35.2 Å². The zero-order chi connectivity index (χ0) is 21.9. The number of rotatable bonds is 11. The molecular formula is C24H36N4O3. The Morgan fingerprint density at radius 3 is 2.58 bits per heavy atom. The Balaban J connectivity index is 1.64. The third-order valence-electron chi connectivity index (χ3n) is 5.89. The number of hydrazone groups is 1. The van der Waals surface area contributed by atoms with Crippen LogP contribution in [0.25, 0.3) is 0 Å². The molecule has 1 saturated heterocycles. The molecule has 1 aromatic carbocycles. The molecule has 2 heterocycles. The van der Waals surface area contributed by atoms with Crippen LogP contribution in [-0.2, 0) is 20.9 Å². The molecule has 0 unspecified atom stereocenters. The fraction of sp³-hybridized carbons (Fsp3) is 0.625. The Morgan fingerprint density at radius 2 is 1.84 bits per heavy atom. The van der Waals surface area contributed by atoms with E-state index in [-0.39, 0.29) is 11.8 Å². The molecule has 0 bridgehead atoms. The summed E-state index contributed by atoms with van der Waals surface area (Å²) in [6, 6.07) is 9.79. The van der Waals surface area contributed by atoms with E-state index in [1.165, 1.54) is 17.9 Å². The molecule has 2 amide bonds. The molecule has 3 rings (SSSR count). The summed E-state index contributed by atoms with van der Waals surface area (Å²) in [6.45, 7) is 8.23. The summed E-state index contributed by atoms with van der Waals surface area (Å²) in [4.78, 5) is 30.0. The van der Waals surface area contributed by atoms with E-state index in [4.69, 9.17) is 4.74 Å². The Morgan fingerprint density at radius 1 is 1.06 bits per heavy atom. The van der Waals surface area contributed by atoms with Gasteiger partial charge in [0, 0.05) is 45.6 Å². The van der Waals surface area contributed by atoms with Crippen molar-refractivity contribution in [2.75, 3.05) is 45.9 Å². The molecule has 0 N–H and O–H groups in total. The number of ether oxygens (including phenoxy) is 1. The second-order valence-electron chi connectivity index (χ2n) is 8.29. The smallest absolute Gasteiger partial charge is 0.270 e. The first-order valence-electron chi connectivity index (χ1n) is 11.7. The number of benzene rings is 1. The van der Waals surface area contributed by atoms with Gasteiger partial charge >= 0.3 is 0 Å². The van der Waals surface area contributed by atoms with Gasteiger partial charge < -0.3 is 9.64 Å². The molecule has 2 aliphatic rings. The summed E-state index contributed by atoms with van der Waals surface area (Å²) >= 11 is 0. The number of carbonyl (C=O) groups is 2. The summed E-state index contributed by atoms with van der Waals surface area (Å²) in [7, 11) is 0. The van der Waals surface area contributed by atoms with Crippen molar-refractivity contribution in [3.63, 3.8) is 0 Å². The van der Waals surface area contributed by atoms with Crippen LogP contribution in [0.2, 0.25) is 0 Å². The van der Waals surface area contributed by atoms with Crippen LogP contribution in [0, 0.1) is 0 Å². The van der Waals surface area contributed by atoms with E-state index in [0.29, 0.717) is 31.6 Å². The number of amides is 2. The molecule has 2 aliphatic heterocycles. The lowest BCUT2D eigenvalue weighted by Crippen LogP contribution is -2.46. The maximum atomic E-state index is 13.4. The Bertz CT molecular complexity index is 732. The van der Waals surface area contributed by atoms with Crippen LogP contribution in [-0.4, -0.2) is 78.3 Å². The van der Waals surface area contributed by atoms with Gasteiger partial charge in [-0.3, -0.25) is 14.5 Å². The number of morpholine rings is 1. The highest BCUT2D eigenvalue weighted by Gasteiger charge is 2.28. The van der Waals surface area contributed by atoms with Crippen molar-refractivity contribution >= 4 is 17.5 Å². The topological polar surface area (TPSA) is 65.5 Å². The van der Waals surface area contributed by atoms with Crippen LogP contribution < -0.4 is 0 Å². The van der Waals surface area contributed by atoms with E-state index in [9.17, 15) is 9.59 Å². The summed E-state index contributed by atoms with van der Waals surface area (Å²) in [6.07, 6.45) is 5.25. The quantitative estimate of drug-likeness (QED) is 0.509. The van der Waals surface area contributed by atoms with Gasteiger partial charge in [0.2, 0.25) is 5.91 Å². The molecule has 1 fully saturated rings. The van der Waals surface area contributed by atoms with Crippen molar-refractivity contribution in [3.8, 4) is 0 Å². The van der Waals surface area contributed by atoms with E-state index < -0.39 is 0 Å². The van der Waals surface area contributed by atoms with E-state index >= 15 is 0 Å². The molecule has 0 aromatic heterocycles. The zero-order valence-corrected chi connectivity index (χ0v) is 18.8. The number of unbranched alkanes of at least 4 members (excludes halogenated alkanes) is 3. The van der Waals surface area contributed by atoms with Crippen LogP contribution in [0.1, 0.15) is 51.0 Å². The number of carbonyl (C=O) groups excluding carboxylic acids is 2. The standard InChI is InChI=1S/C24H36N4O3/c1-2-3-4-8-13-27(15-14-26-16-18-31-19-17-26)24(30)22-11-12-23(29)28(25-22)20-21-9-6-5-7-10-21/h5-7,9-10H,2-4,8,11-20H2,1H3. The van der Waals surface area contributed by atoms with Gasteiger partial charge in [-0.2, -0.15) is 5.10 Å². The summed E-state index contributed by atoms with van der Waals surface area (Å²) in [5.41, 5.74) is 1.52. The van der Waals surface area contributed by atoms with Crippen LogP contribution >= 0.6 is 0 Å². The second-order valence-corrected chi connectivity index (χ2v) is 8.29. The SMILES string of the molecule is CCCCCCN(CCN1CCOCC1)C(=O)C1=NN(Cc2ccccc2)C(=O)CC1. The lowest BCUT2D eigenvalue weighted by Gasteiger charge is -2.31. The van der Waals surface area contributed by atoms with Crippen molar-refractivity contribution in [1.29, 1.82) is 0 Å². The Hall–Kier alpha value is -2.25. The lowest BCUT2D eigenvalue weighted by molar-refractivity contribution is -0.132. The molecule has 0 radical (unpaired) electrons. The third kappa shape index (κ3) is 7.43. The lowest BCUT2D eigenvalue weighted by atomic mass is 10.1. The predicted molar refractivity (Wildman–Crippen MR) is 122 cm³/mol. The second kappa shape index (κ2) is 12.6. The molecule has 0 spiro atoms. The summed E-state index contributed by atoms with van der Waals surface area (Å²) in [5.74, 6) is -0.0430. The van der Waals surface area contributed by atoms with Gasteiger partial charge in [0.15, 0.2) is 0 Å². The monoisotopic (exact) mass is 428 g/mol. The van der Waals surface area contributed by atoms with Gasteiger partial charge in [0.1, 0.15) is 5.71 Å². The highest BCUT2D eigenvalue weighted by molar-refractivity contribution is 6.39. The number of hydrogen-bond acceptors (Lipinski definition) is 5. The minimum Gasteiger partial charge on any atom is -0.379 e. The third-order valence-corrected chi connectivity index (χ3v) is 5.89. The maximum Gasteiger partial charge on any atom is 0.270 e. The first-order chi connectivity index (χ1) is 15.2. The van der Waals surface area contributed by atoms with Crippen LogP contribution in [0.3, 0.4) is 0 Å². The average molecular weight is 429 g/mol. The Kier molecular flexibility index (Phi) is 9.49. The molecule has 1 aromatic rings. The van der Waals surface area contributed by atoms with Gasteiger partial charge in [0.05, 0.1) is 19.8 Å². The van der Waals surface area contributed by atoms with E-state index in [1.54, 1.807) is 0 Å². The highest BCUT2D eigenvalue weighted by Crippen LogP contribution is 2.15. The predicted octanol–water partition coefficient (Wildman–Crippen LogP) is 2.91. The Labute approximate surface area is 186 Å². The van der Waals surface area contributed by atoms with Crippen LogP contribution in [0.15, 0.2) is 35.4 Å². The average Bonchev–Trinajstić information content (AvgIpc) is 2.81. The molecule has 7 heteroatoms. The van der Waals surface area contributed by atoms with Crippen LogP contribution in [0.4, 0.5) is 0 Å².